The van der Waals surface area contributed by atoms with Gasteiger partial charge in [0.2, 0.25) is 0 Å². The highest BCUT2D eigenvalue weighted by molar-refractivity contribution is 5.30. The van der Waals surface area contributed by atoms with Gasteiger partial charge in [-0.1, -0.05) is 0 Å². The van der Waals surface area contributed by atoms with Crippen molar-refractivity contribution >= 4 is 0 Å². The molecule has 0 saturated carbocycles. The van der Waals surface area contributed by atoms with Crippen molar-refractivity contribution in [3.8, 4) is 11.5 Å². The molecule has 0 amide bonds. The number of rotatable bonds is 7. The van der Waals surface area contributed by atoms with E-state index in [-0.39, 0.29) is 12.4 Å². The molecular formula is C15H22O9. The van der Waals surface area contributed by atoms with Gasteiger partial charge < -0.3 is 44.8 Å². The first-order valence-electron chi connectivity index (χ1n) is 7.45. The Morgan fingerprint density at radius 1 is 1.00 bits per heavy atom. The molecule has 0 spiro atoms. The molecule has 0 aromatic heterocycles. The van der Waals surface area contributed by atoms with Gasteiger partial charge in [0.25, 0.3) is 0 Å². The number of benzene rings is 1. The van der Waals surface area contributed by atoms with Crippen molar-refractivity contribution in [3.63, 3.8) is 0 Å². The molecule has 1 aromatic carbocycles. The fraction of sp³-hybridized carbons (Fsp3) is 0.600. The molecule has 6 atom stereocenters. The Hall–Kier alpha value is -1.46. The van der Waals surface area contributed by atoms with Crippen LogP contribution in [-0.4, -0.2) is 87.3 Å². The van der Waals surface area contributed by atoms with Crippen molar-refractivity contribution in [2.75, 3.05) is 19.8 Å². The molecule has 9 heteroatoms. The SMILES string of the molecule is OCC(COc1ccc(O)cc1)O[C@@H]1O[C@H](CO)[C@@H](O)[C@H](O)[C@H]1O. The van der Waals surface area contributed by atoms with Gasteiger partial charge in [-0.05, 0) is 24.3 Å². The molecule has 1 aliphatic heterocycles. The van der Waals surface area contributed by atoms with Crippen LogP contribution in [0.3, 0.4) is 0 Å². The Labute approximate surface area is 138 Å². The van der Waals surface area contributed by atoms with Crippen molar-refractivity contribution in [3.05, 3.63) is 24.3 Å². The number of phenols is 1. The molecule has 1 fully saturated rings. The summed E-state index contributed by atoms with van der Waals surface area (Å²) in [6.07, 6.45) is -7.92. The van der Waals surface area contributed by atoms with Crippen LogP contribution < -0.4 is 4.74 Å². The number of ether oxygens (including phenoxy) is 3. The van der Waals surface area contributed by atoms with Gasteiger partial charge in [-0.25, -0.2) is 0 Å². The third-order valence-electron chi connectivity index (χ3n) is 3.65. The number of hydrogen-bond acceptors (Lipinski definition) is 9. The average molecular weight is 346 g/mol. The van der Waals surface area contributed by atoms with E-state index in [0.29, 0.717) is 5.75 Å². The van der Waals surface area contributed by atoms with Gasteiger partial charge >= 0.3 is 0 Å². The maximum atomic E-state index is 9.89. The summed E-state index contributed by atoms with van der Waals surface area (Å²) < 4.78 is 16.0. The maximum Gasteiger partial charge on any atom is 0.187 e. The lowest BCUT2D eigenvalue weighted by Gasteiger charge is -2.40. The Bertz CT molecular complexity index is 492. The molecule has 0 aliphatic carbocycles. The monoisotopic (exact) mass is 346 g/mol. The lowest BCUT2D eigenvalue weighted by Crippen LogP contribution is -2.60. The van der Waals surface area contributed by atoms with Gasteiger partial charge in [0, 0.05) is 0 Å². The molecule has 1 unspecified atom stereocenters. The Balaban J connectivity index is 1.92. The first kappa shape index (κ1) is 18.9. The minimum absolute atomic E-state index is 0.0821. The Morgan fingerprint density at radius 3 is 2.25 bits per heavy atom. The number of aliphatic hydroxyl groups is 5. The molecule has 2 rings (SSSR count). The second-order valence-electron chi connectivity index (χ2n) is 5.44. The van der Waals surface area contributed by atoms with E-state index in [9.17, 15) is 25.5 Å². The number of hydrogen-bond donors (Lipinski definition) is 6. The van der Waals surface area contributed by atoms with E-state index in [4.69, 9.17) is 19.3 Å². The zero-order chi connectivity index (χ0) is 17.7. The van der Waals surface area contributed by atoms with Crippen LogP contribution in [0, 0.1) is 0 Å². The van der Waals surface area contributed by atoms with Gasteiger partial charge in [0.1, 0.15) is 48.6 Å². The van der Waals surface area contributed by atoms with Crippen LogP contribution in [0.25, 0.3) is 0 Å². The first-order valence-corrected chi connectivity index (χ1v) is 7.45. The normalized spacial score (nSPS) is 31.6. The minimum Gasteiger partial charge on any atom is -0.508 e. The van der Waals surface area contributed by atoms with E-state index in [1.807, 2.05) is 0 Å². The molecule has 1 heterocycles. The highest BCUT2D eigenvalue weighted by atomic mass is 16.7. The number of aromatic hydroxyl groups is 1. The summed E-state index contributed by atoms with van der Waals surface area (Å²) in [5.41, 5.74) is 0. The van der Waals surface area contributed by atoms with Gasteiger partial charge in [0.15, 0.2) is 6.29 Å². The summed E-state index contributed by atoms with van der Waals surface area (Å²) in [6, 6.07) is 5.92. The zero-order valence-electron chi connectivity index (χ0n) is 12.8. The van der Waals surface area contributed by atoms with Crippen molar-refractivity contribution in [1.82, 2.24) is 0 Å². The van der Waals surface area contributed by atoms with Crippen LogP contribution in [0.15, 0.2) is 24.3 Å². The highest BCUT2D eigenvalue weighted by Gasteiger charge is 2.44. The van der Waals surface area contributed by atoms with Crippen LogP contribution in [0.5, 0.6) is 11.5 Å². The zero-order valence-corrected chi connectivity index (χ0v) is 12.8. The summed E-state index contributed by atoms with van der Waals surface area (Å²) in [5, 5.41) is 57.0. The van der Waals surface area contributed by atoms with Crippen LogP contribution in [0.2, 0.25) is 0 Å². The summed E-state index contributed by atoms with van der Waals surface area (Å²) in [5.74, 6) is 0.516. The third-order valence-corrected chi connectivity index (χ3v) is 3.65. The maximum absolute atomic E-state index is 9.89. The molecule has 9 nitrogen and oxygen atoms in total. The van der Waals surface area contributed by atoms with Gasteiger partial charge in [0.05, 0.1) is 13.2 Å². The molecule has 0 bridgehead atoms. The molecule has 1 saturated heterocycles. The second-order valence-corrected chi connectivity index (χ2v) is 5.44. The molecule has 6 N–H and O–H groups in total. The van der Waals surface area contributed by atoms with E-state index in [0.717, 1.165) is 0 Å². The lowest BCUT2D eigenvalue weighted by atomic mass is 9.99. The topological polar surface area (TPSA) is 149 Å². The second kappa shape index (κ2) is 8.58. The molecule has 1 aromatic rings. The van der Waals surface area contributed by atoms with Crippen molar-refractivity contribution in [1.29, 1.82) is 0 Å². The largest absolute Gasteiger partial charge is 0.508 e. The van der Waals surface area contributed by atoms with Gasteiger partial charge in [-0.3, -0.25) is 0 Å². The lowest BCUT2D eigenvalue weighted by molar-refractivity contribution is -0.314. The minimum atomic E-state index is -1.56. The average Bonchev–Trinajstić information content (AvgIpc) is 2.59. The first-order chi connectivity index (χ1) is 11.5. The van der Waals surface area contributed by atoms with E-state index < -0.39 is 50.0 Å². The summed E-state index contributed by atoms with van der Waals surface area (Å²) in [4.78, 5) is 0. The van der Waals surface area contributed by atoms with Crippen LogP contribution in [-0.2, 0) is 9.47 Å². The van der Waals surface area contributed by atoms with E-state index in [1.165, 1.54) is 24.3 Å². The van der Waals surface area contributed by atoms with Crippen molar-refractivity contribution < 1.29 is 44.8 Å². The molecule has 24 heavy (non-hydrogen) atoms. The third kappa shape index (κ3) is 4.54. The van der Waals surface area contributed by atoms with E-state index in [1.54, 1.807) is 0 Å². The fourth-order valence-electron chi connectivity index (χ4n) is 2.24. The smallest absolute Gasteiger partial charge is 0.187 e. The van der Waals surface area contributed by atoms with E-state index in [2.05, 4.69) is 0 Å². The predicted octanol–water partition coefficient (Wildman–Crippen LogP) is -2.05. The summed E-state index contributed by atoms with van der Waals surface area (Å²) in [7, 11) is 0. The van der Waals surface area contributed by atoms with Crippen LogP contribution in [0.1, 0.15) is 0 Å². The standard InChI is InChI=1S/C15H22O9/c16-5-10(7-22-9-3-1-8(18)2-4-9)23-15-14(21)13(20)12(19)11(6-17)24-15/h1-4,10-21H,5-7H2/t10?,11-,12-,13+,14-,15-/m1/s1. The molecule has 0 radical (unpaired) electrons. The van der Waals surface area contributed by atoms with Crippen LogP contribution >= 0.6 is 0 Å². The molecule has 136 valence electrons. The van der Waals surface area contributed by atoms with Gasteiger partial charge in [-0.2, -0.15) is 0 Å². The quantitative estimate of drug-likeness (QED) is 0.328. The van der Waals surface area contributed by atoms with Crippen molar-refractivity contribution in [2.24, 2.45) is 0 Å². The van der Waals surface area contributed by atoms with Crippen LogP contribution in [0.4, 0.5) is 0 Å². The summed E-state index contributed by atoms with van der Waals surface area (Å²) >= 11 is 0. The Morgan fingerprint density at radius 2 is 1.67 bits per heavy atom. The predicted molar refractivity (Wildman–Crippen MR) is 79.3 cm³/mol. The fourth-order valence-corrected chi connectivity index (χ4v) is 2.24. The molecule has 1 aliphatic rings. The van der Waals surface area contributed by atoms with Gasteiger partial charge in [-0.15, -0.1) is 0 Å². The Kier molecular flexibility index (Phi) is 6.75. The summed E-state index contributed by atoms with van der Waals surface area (Å²) in [6.45, 7) is -1.11. The highest BCUT2D eigenvalue weighted by Crippen LogP contribution is 2.23. The van der Waals surface area contributed by atoms with Crippen molar-refractivity contribution in [2.45, 2.75) is 36.8 Å². The number of aliphatic hydroxyl groups excluding tert-OH is 5. The number of phenolic OH excluding ortho intramolecular Hbond substituents is 1. The molecular weight excluding hydrogens is 324 g/mol. The van der Waals surface area contributed by atoms with E-state index >= 15 is 0 Å².